The van der Waals surface area contributed by atoms with E-state index in [-0.39, 0.29) is 36.2 Å². The van der Waals surface area contributed by atoms with Crippen LogP contribution in [0.2, 0.25) is 0 Å². The minimum Gasteiger partial charge on any atom is -0.407 e. The van der Waals surface area contributed by atoms with Gasteiger partial charge < -0.3 is 9.73 Å². The minimum atomic E-state index is -0.593. The molecule has 1 aromatic heterocycles. The quantitative estimate of drug-likeness (QED) is 0.440. The zero-order valence-corrected chi connectivity index (χ0v) is 17.3. The summed E-state index contributed by atoms with van der Waals surface area (Å²) in [6, 6.07) is 12.1. The molecule has 3 rings (SSSR count). The van der Waals surface area contributed by atoms with Gasteiger partial charge in [-0.2, -0.15) is 0 Å². The Labute approximate surface area is 173 Å². The molecule has 0 bridgehead atoms. The zero-order valence-electron chi connectivity index (χ0n) is 17.3. The van der Waals surface area contributed by atoms with Gasteiger partial charge in [0.1, 0.15) is 0 Å². The van der Waals surface area contributed by atoms with E-state index in [0.29, 0.717) is 17.9 Å². The summed E-state index contributed by atoms with van der Waals surface area (Å²) in [6.07, 6.45) is 0.691. The summed E-state index contributed by atoms with van der Waals surface area (Å²) in [5, 5.41) is 13.8. The SMILES string of the molecule is CC(C)c1ccc(C(C)NC(=O)CCCn2c(=O)oc3cc([N+](=O)[O-])ccc32)cc1. The highest BCUT2D eigenvalue weighted by Gasteiger charge is 2.15. The highest BCUT2D eigenvalue weighted by molar-refractivity contribution is 5.77. The van der Waals surface area contributed by atoms with Gasteiger partial charge in [-0.25, -0.2) is 4.79 Å². The molecule has 0 fully saturated rings. The molecular weight excluding hydrogens is 386 g/mol. The molecule has 2 aromatic carbocycles. The second-order valence-electron chi connectivity index (χ2n) is 7.64. The monoisotopic (exact) mass is 411 g/mol. The third-order valence-electron chi connectivity index (χ3n) is 5.13. The van der Waals surface area contributed by atoms with Gasteiger partial charge in [-0.05, 0) is 36.5 Å². The fourth-order valence-corrected chi connectivity index (χ4v) is 3.34. The number of nitrogens with zero attached hydrogens (tertiary/aromatic N) is 2. The molecule has 0 aliphatic heterocycles. The van der Waals surface area contributed by atoms with Gasteiger partial charge in [0.15, 0.2) is 5.58 Å². The summed E-state index contributed by atoms with van der Waals surface area (Å²) in [4.78, 5) is 34.7. The molecule has 1 heterocycles. The lowest BCUT2D eigenvalue weighted by Crippen LogP contribution is -2.27. The number of aryl methyl sites for hydroxylation is 1. The van der Waals surface area contributed by atoms with Gasteiger partial charge in [-0.3, -0.25) is 19.5 Å². The number of rotatable bonds is 8. The number of oxazole rings is 1. The number of carbonyl (C=O) groups excluding carboxylic acids is 1. The predicted octanol–water partition coefficient (Wildman–Crippen LogP) is 4.28. The Bertz CT molecular complexity index is 1110. The molecule has 3 aromatic rings. The number of amides is 1. The van der Waals surface area contributed by atoms with Crippen LogP contribution in [0, 0.1) is 10.1 Å². The van der Waals surface area contributed by atoms with E-state index in [0.717, 1.165) is 5.56 Å². The Morgan fingerprint density at radius 3 is 2.43 bits per heavy atom. The molecule has 1 amide bonds. The maximum absolute atomic E-state index is 12.3. The van der Waals surface area contributed by atoms with Gasteiger partial charge in [-0.1, -0.05) is 38.1 Å². The van der Waals surface area contributed by atoms with E-state index < -0.39 is 10.7 Å². The highest BCUT2D eigenvalue weighted by atomic mass is 16.6. The van der Waals surface area contributed by atoms with Crippen LogP contribution >= 0.6 is 0 Å². The number of benzene rings is 2. The van der Waals surface area contributed by atoms with Crippen LogP contribution in [-0.4, -0.2) is 15.4 Å². The summed E-state index contributed by atoms with van der Waals surface area (Å²) in [5.41, 5.74) is 2.78. The largest absolute Gasteiger partial charge is 0.419 e. The van der Waals surface area contributed by atoms with Crippen molar-refractivity contribution in [3.63, 3.8) is 0 Å². The molecule has 1 atom stereocenters. The summed E-state index contributed by atoms with van der Waals surface area (Å²) in [5.74, 6) is -0.242. The van der Waals surface area contributed by atoms with Crippen molar-refractivity contribution >= 4 is 22.7 Å². The van der Waals surface area contributed by atoms with Crippen molar-refractivity contribution in [2.45, 2.75) is 52.1 Å². The lowest BCUT2D eigenvalue weighted by atomic mass is 9.99. The smallest absolute Gasteiger partial charge is 0.407 e. The van der Waals surface area contributed by atoms with Crippen molar-refractivity contribution in [3.8, 4) is 0 Å². The van der Waals surface area contributed by atoms with Crippen LogP contribution < -0.4 is 11.1 Å². The molecule has 0 aliphatic carbocycles. The van der Waals surface area contributed by atoms with Gasteiger partial charge in [0, 0.05) is 19.0 Å². The van der Waals surface area contributed by atoms with Crippen LogP contribution in [0.5, 0.6) is 0 Å². The second kappa shape index (κ2) is 8.94. The fraction of sp³-hybridized carbons (Fsp3) is 0.364. The molecule has 158 valence electrons. The number of hydrogen-bond donors (Lipinski definition) is 1. The Hall–Kier alpha value is -3.42. The van der Waals surface area contributed by atoms with Gasteiger partial charge >= 0.3 is 5.76 Å². The van der Waals surface area contributed by atoms with Crippen LogP contribution in [0.25, 0.3) is 11.1 Å². The van der Waals surface area contributed by atoms with Gasteiger partial charge in [0.25, 0.3) is 5.69 Å². The van der Waals surface area contributed by atoms with Gasteiger partial charge in [0.2, 0.25) is 5.91 Å². The molecule has 30 heavy (non-hydrogen) atoms. The number of non-ortho nitro benzene ring substituents is 1. The van der Waals surface area contributed by atoms with E-state index >= 15 is 0 Å². The van der Waals surface area contributed by atoms with E-state index in [2.05, 4.69) is 31.3 Å². The standard InChI is InChI=1S/C22H25N3O5/c1-14(2)16-6-8-17(9-7-16)15(3)23-21(26)5-4-12-24-19-11-10-18(25(28)29)13-20(19)30-22(24)27/h6-11,13-15H,4-5,12H2,1-3H3,(H,23,26). The van der Waals surface area contributed by atoms with E-state index in [1.54, 1.807) is 0 Å². The number of nitro groups is 1. The van der Waals surface area contributed by atoms with Crippen molar-refractivity contribution in [1.82, 2.24) is 9.88 Å². The molecule has 0 radical (unpaired) electrons. The lowest BCUT2D eigenvalue weighted by molar-refractivity contribution is -0.384. The third-order valence-corrected chi connectivity index (χ3v) is 5.13. The van der Waals surface area contributed by atoms with Crippen molar-refractivity contribution in [2.75, 3.05) is 0 Å². The number of nitrogens with one attached hydrogen (secondary N) is 1. The first-order chi connectivity index (χ1) is 14.3. The molecule has 8 heteroatoms. The van der Waals surface area contributed by atoms with Crippen LogP contribution in [-0.2, 0) is 11.3 Å². The normalized spacial score (nSPS) is 12.3. The van der Waals surface area contributed by atoms with Crippen molar-refractivity contribution < 1.29 is 14.1 Å². The molecule has 0 saturated heterocycles. The first-order valence-electron chi connectivity index (χ1n) is 9.93. The van der Waals surface area contributed by atoms with E-state index in [1.165, 1.54) is 28.3 Å². The molecule has 1 unspecified atom stereocenters. The van der Waals surface area contributed by atoms with E-state index in [1.807, 2.05) is 19.1 Å². The first-order valence-corrected chi connectivity index (χ1v) is 9.93. The third kappa shape index (κ3) is 4.76. The zero-order chi connectivity index (χ0) is 21.8. The Kier molecular flexibility index (Phi) is 6.34. The summed E-state index contributed by atoms with van der Waals surface area (Å²) in [7, 11) is 0. The Balaban J connectivity index is 1.57. The first kappa shape index (κ1) is 21.3. The van der Waals surface area contributed by atoms with Crippen molar-refractivity contribution in [2.24, 2.45) is 0 Å². The Morgan fingerprint density at radius 1 is 1.13 bits per heavy atom. The molecule has 0 spiro atoms. The Morgan fingerprint density at radius 2 is 1.80 bits per heavy atom. The van der Waals surface area contributed by atoms with Crippen molar-refractivity contribution in [1.29, 1.82) is 0 Å². The average molecular weight is 411 g/mol. The molecule has 1 N–H and O–H groups in total. The van der Waals surface area contributed by atoms with E-state index in [4.69, 9.17) is 4.42 Å². The lowest BCUT2D eigenvalue weighted by Gasteiger charge is -2.15. The number of nitro benzene ring substituents is 1. The van der Waals surface area contributed by atoms with Gasteiger partial charge in [0.05, 0.1) is 22.5 Å². The van der Waals surface area contributed by atoms with Crippen LogP contribution in [0.3, 0.4) is 0 Å². The maximum Gasteiger partial charge on any atom is 0.419 e. The topological polar surface area (TPSA) is 107 Å². The van der Waals surface area contributed by atoms with Crippen molar-refractivity contribution in [3.05, 3.63) is 74.3 Å². The maximum atomic E-state index is 12.3. The minimum absolute atomic E-state index is 0.105. The second-order valence-corrected chi connectivity index (χ2v) is 7.64. The van der Waals surface area contributed by atoms with Crippen LogP contribution in [0.15, 0.2) is 51.7 Å². The number of hydrogen-bond acceptors (Lipinski definition) is 5. The molecule has 0 aliphatic rings. The summed E-state index contributed by atoms with van der Waals surface area (Å²) >= 11 is 0. The average Bonchev–Trinajstić information content (AvgIpc) is 3.02. The number of carbonyl (C=O) groups is 1. The summed E-state index contributed by atoms with van der Waals surface area (Å²) < 4.78 is 6.49. The van der Waals surface area contributed by atoms with Crippen LogP contribution in [0.1, 0.15) is 56.7 Å². The van der Waals surface area contributed by atoms with E-state index in [9.17, 15) is 19.7 Å². The van der Waals surface area contributed by atoms with Gasteiger partial charge in [-0.15, -0.1) is 0 Å². The number of fused-ring (bicyclic) bond motifs is 1. The highest BCUT2D eigenvalue weighted by Crippen LogP contribution is 2.21. The predicted molar refractivity (Wildman–Crippen MR) is 113 cm³/mol. The molecule has 0 saturated carbocycles. The van der Waals surface area contributed by atoms with Crippen LogP contribution in [0.4, 0.5) is 5.69 Å². The number of aromatic nitrogens is 1. The summed E-state index contributed by atoms with van der Waals surface area (Å²) in [6.45, 7) is 6.49. The fourth-order valence-electron chi connectivity index (χ4n) is 3.34. The molecule has 8 nitrogen and oxygen atoms in total. The molecular formula is C22H25N3O5.